The van der Waals surface area contributed by atoms with Crippen molar-refractivity contribution in [3.8, 4) is 11.5 Å². The minimum absolute atomic E-state index is 0.0756. The Hall–Kier alpha value is -3.59. The molecule has 1 unspecified atom stereocenters. The highest BCUT2D eigenvalue weighted by molar-refractivity contribution is 6.06. The van der Waals surface area contributed by atoms with E-state index in [0.29, 0.717) is 49.2 Å². The summed E-state index contributed by atoms with van der Waals surface area (Å²) >= 11 is 0. The van der Waals surface area contributed by atoms with Gasteiger partial charge < -0.3 is 24.0 Å². The number of para-hydroxylation sites is 4. The maximum absolute atomic E-state index is 13.4. The maximum Gasteiger partial charge on any atom is 0.265 e. The standard InChI is InChI=1S/C23H23N3O6/c27-21(14-26-16-5-1-3-7-18(16)31-15-22(26)28)25-13-20(23(29)24-9-11-30-12-10-24)32-19-8-4-2-6-17(19)25/h1-8,20H,9-15H2. The molecule has 1 atom stereocenters. The fourth-order valence-electron chi connectivity index (χ4n) is 4.13. The number of hydrogen-bond acceptors (Lipinski definition) is 6. The molecule has 5 rings (SSSR count). The van der Waals surface area contributed by atoms with Gasteiger partial charge in [0, 0.05) is 13.1 Å². The van der Waals surface area contributed by atoms with E-state index < -0.39 is 6.10 Å². The van der Waals surface area contributed by atoms with Gasteiger partial charge >= 0.3 is 0 Å². The van der Waals surface area contributed by atoms with Crippen molar-refractivity contribution >= 4 is 29.1 Å². The summed E-state index contributed by atoms with van der Waals surface area (Å²) in [4.78, 5) is 43.7. The number of carbonyl (C=O) groups excluding carboxylic acids is 3. The van der Waals surface area contributed by atoms with Gasteiger partial charge in [-0.05, 0) is 24.3 Å². The molecule has 3 aliphatic heterocycles. The zero-order valence-electron chi connectivity index (χ0n) is 17.4. The molecule has 1 fully saturated rings. The summed E-state index contributed by atoms with van der Waals surface area (Å²) in [7, 11) is 0. The Morgan fingerprint density at radius 2 is 1.62 bits per heavy atom. The lowest BCUT2D eigenvalue weighted by Crippen LogP contribution is -2.55. The van der Waals surface area contributed by atoms with Gasteiger partial charge in [-0.1, -0.05) is 24.3 Å². The molecular weight excluding hydrogens is 414 g/mol. The Bertz CT molecular complexity index is 1050. The van der Waals surface area contributed by atoms with Crippen molar-refractivity contribution in [2.75, 3.05) is 55.8 Å². The number of hydrogen-bond donors (Lipinski definition) is 0. The van der Waals surface area contributed by atoms with Gasteiger partial charge in [0.05, 0.1) is 31.1 Å². The zero-order chi connectivity index (χ0) is 22.1. The predicted octanol–water partition coefficient (Wildman–Crippen LogP) is 1.07. The van der Waals surface area contributed by atoms with Crippen LogP contribution in [0.4, 0.5) is 11.4 Å². The molecule has 0 aromatic heterocycles. The molecule has 0 aliphatic carbocycles. The second kappa shape index (κ2) is 8.51. The van der Waals surface area contributed by atoms with Crippen molar-refractivity contribution in [1.82, 2.24) is 4.90 Å². The Kier molecular flexibility index (Phi) is 5.40. The SMILES string of the molecule is O=C(C1CN(C(=O)CN2C(=O)COc3ccccc32)c2ccccc2O1)N1CCOCC1. The van der Waals surface area contributed by atoms with Gasteiger partial charge in [-0.15, -0.1) is 0 Å². The lowest BCUT2D eigenvalue weighted by atomic mass is 10.1. The van der Waals surface area contributed by atoms with Gasteiger partial charge in [-0.25, -0.2) is 0 Å². The minimum Gasteiger partial charge on any atom is -0.482 e. The van der Waals surface area contributed by atoms with Gasteiger partial charge in [0.2, 0.25) is 5.91 Å². The number of amides is 3. The third-order valence-electron chi connectivity index (χ3n) is 5.77. The predicted molar refractivity (Wildman–Crippen MR) is 115 cm³/mol. The van der Waals surface area contributed by atoms with Crippen LogP contribution in [0.3, 0.4) is 0 Å². The van der Waals surface area contributed by atoms with E-state index in [0.717, 1.165) is 0 Å². The fourth-order valence-corrected chi connectivity index (χ4v) is 4.13. The Morgan fingerprint density at radius 1 is 0.938 bits per heavy atom. The van der Waals surface area contributed by atoms with Gasteiger partial charge in [-0.3, -0.25) is 19.3 Å². The second-order valence-corrected chi connectivity index (χ2v) is 7.75. The molecule has 0 N–H and O–H groups in total. The molecule has 9 nitrogen and oxygen atoms in total. The molecule has 0 spiro atoms. The molecular formula is C23H23N3O6. The molecule has 0 saturated carbocycles. The van der Waals surface area contributed by atoms with Gasteiger partial charge in [0.25, 0.3) is 11.8 Å². The Morgan fingerprint density at radius 3 is 2.41 bits per heavy atom. The molecule has 0 bridgehead atoms. The minimum atomic E-state index is -0.820. The van der Waals surface area contributed by atoms with Crippen LogP contribution in [0.5, 0.6) is 11.5 Å². The number of benzene rings is 2. The molecule has 3 amide bonds. The third-order valence-corrected chi connectivity index (χ3v) is 5.77. The molecule has 166 valence electrons. The van der Waals surface area contributed by atoms with Crippen molar-refractivity contribution in [3.63, 3.8) is 0 Å². The van der Waals surface area contributed by atoms with E-state index in [1.807, 2.05) is 12.1 Å². The number of rotatable bonds is 3. The Balaban J connectivity index is 1.40. The van der Waals surface area contributed by atoms with Crippen LogP contribution < -0.4 is 19.3 Å². The fraction of sp³-hybridized carbons (Fsp3) is 0.348. The first-order valence-electron chi connectivity index (χ1n) is 10.6. The lowest BCUT2D eigenvalue weighted by Gasteiger charge is -2.38. The maximum atomic E-state index is 13.4. The third kappa shape index (κ3) is 3.75. The summed E-state index contributed by atoms with van der Waals surface area (Å²) in [5, 5.41) is 0. The van der Waals surface area contributed by atoms with Gasteiger partial charge in [-0.2, -0.15) is 0 Å². The van der Waals surface area contributed by atoms with Crippen molar-refractivity contribution in [1.29, 1.82) is 0 Å². The topological polar surface area (TPSA) is 88.6 Å². The summed E-state index contributed by atoms with van der Waals surface area (Å²) in [5.41, 5.74) is 1.14. The molecule has 0 radical (unpaired) electrons. The molecule has 3 heterocycles. The lowest BCUT2D eigenvalue weighted by molar-refractivity contribution is -0.142. The van der Waals surface area contributed by atoms with Crippen LogP contribution in [0.15, 0.2) is 48.5 Å². The first-order valence-corrected chi connectivity index (χ1v) is 10.6. The van der Waals surface area contributed by atoms with Crippen molar-refractivity contribution < 1.29 is 28.6 Å². The number of nitrogens with zero attached hydrogens (tertiary/aromatic N) is 3. The average molecular weight is 437 g/mol. The van der Waals surface area contributed by atoms with Crippen molar-refractivity contribution in [2.24, 2.45) is 0 Å². The van der Waals surface area contributed by atoms with Crippen LogP contribution in [-0.2, 0) is 19.1 Å². The quantitative estimate of drug-likeness (QED) is 0.714. The smallest absolute Gasteiger partial charge is 0.265 e. The van der Waals surface area contributed by atoms with Crippen LogP contribution in [0, 0.1) is 0 Å². The van der Waals surface area contributed by atoms with Crippen LogP contribution in [0.2, 0.25) is 0 Å². The van der Waals surface area contributed by atoms with Crippen LogP contribution in [0.1, 0.15) is 0 Å². The van der Waals surface area contributed by atoms with Crippen LogP contribution in [-0.4, -0.2) is 74.7 Å². The summed E-state index contributed by atoms with van der Waals surface area (Å²) < 4.78 is 16.8. The largest absolute Gasteiger partial charge is 0.482 e. The summed E-state index contributed by atoms with van der Waals surface area (Å²) in [6.07, 6.45) is -0.820. The van der Waals surface area contributed by atoms with E-state index in [-0.39, 0.29) is 37.4 Å². The molecule has 2 aromatic rings. The van der Waals surface area contributed by atoms with Crippen molar-refractivity contribution in [3.05, 3.63) is 48.5 Å². The average Bonchev–Trinajstić information content (AvgIpc) is 2.85. The first-order chi connectivity index (χ1) is 15.6. The summed E-state index contributed by atoms with van der Waals surface area (Å²) in [6, 6.07) is 14.2. The van der Waals surface area contributed by atoms with E-state index in [1.54, 1.807) is 41.3 Å². The summed E-state index contributed by atoms with van der Waals surface area (Å²) in [6.45, 7) is 1.74. The number of anilines is 2. The van der Waals surface area contributed by atoms with E-state index in [2.05, 4.69) is 0 Å². The molecule has 9 heteroatoms. The number of carbonyl (C=O) groups is 3. The number of fused-ring (bicyclic) bond motifs is 2. The van der Waals surface area contributed by atoms with E-state index in [4.69, 9.17) is 14.2 Å². The molecule has 3 aliphatic rings. The highest BCUT2D eigenvalue weighted by Gasteiger charge is 2.38. The van der Waals surface area contributed by atoms with Gasteiger partial charge in [0.15, 0.2) is 12.7 Å². The molecule has 32 heavy (non-hydrogen) atoms. The molecule has 1 saturated heterocycles. The number of ether oxygens (including phenoxy) is 3. The number of morpholine rings is 1. The monoisotopic (exact) mass is 437 g/mol. The van der Waals surface area contributed by atoms with Crippen LogP contribution >= 0.6 is 0 Å². The highest BCUT2D eigenvalue weighted by atomic mass is 16.5. The van der Waals surface area contributed by atoms with Gasteiger partial charge in [0.1, 0.15) is 18.0 Å². The zero-order valence-corrected chi connectivity index (χ0v) is 17.4. The second-order valence-electron chi connectivity index (χ2n) is 7.75. The van der Waals surface area contributed by atoms with E-state index in [1.165, 1.54) is 9.80 Å². The van der Waals surface area contributed by atoms with E-state index in [9.17, 15) is 14.4 Å². The van der Waals surface area contributed by atoms with Crippen molar-refractivity contribution in [2.45, 2.75) is 6.10 Å². The summed E-state index contributed by atoms with van der Waals surface area (Å²) in [5.74, 6) is 0.258. The normalized spacial score (nSPS) is 20.1. The van der Waals surface area contributed by atoms with Crippen LogP contribution in [0.25, 0.3) is 0 Å². The first kappa shape index (κ1) is 20.3. The van der Waals surface area contributed by atoms with E-state index >= 15 is 0 Å². The Labute approximate surface area is 185 Å². The molecule has 2 aromatic carbocycles. The highest BCUT2D eigenvalue weighted by Crippen LogP contribution is 2.35.